The summed E-state index contributed by atoms with van der Waals surface area (Å²) < 4.78 is 102. The van der Waals surface area contributed by atoms with Crippen LogP contribution in [-0.2, 0) is 27.5 Å². The highest BCUT2D eigenvalue weighted by molar-refractivity contribution is 7.92. The molecule has 0 fully saturated rings. The molecule has 0 atom stereocenters. The molecule has 0 aliphatic carbocycles. The molecule has 2 amide bonds. The lowest BCUT2D eigenvalue weighted by Gasteiger charge is -2.23. The van der Waals surface area contributed by atoms with Crippen molar-refractivity contribution < 1.29 is 44.3 Å². The van der Waals surface area contributed by atoms with E-state index in [2.05, 4.69) is 0 Å². The third kappa shape index (κ3) is 6.35. The van der Waals surface area contributed by atoms with Crippen molar-refractivity contribution in [3.8, 4) is 0 Å². The molecule has 174 valence electrons. The van der Waals surface area contributed by atoms with Crippen molar-refractivity contribution in [3.05, 3.63) is 65.0 Å². The molecular weight excluding hydrogens is 468 g/mol. The van der Waals surface area contributed by atoms with Gasteiger partial charge in [0.25, 0.3) is 5.91 Å². The summed E-state index contributed by atoms with van der Waals surface area (Å²) >= 11 is 0. The largest absolute Gasteiger partial charge is 0.416 e. The zero-order valence-electron chi connectivity index (χ0n) is 16.1. The third-order valence-electron chi connectivity index (χ3n) is 4.01. The summed E-state index contributed by atoms with van der Waals surface area (Å²) in [5, 5.41) is 0. The maximum atomic E-state index is 14.5. The van der Waals surface area contributed by atoms with Crippen LogP contribution < -0.4 is 15.2 Å². The van der Waals surface area contributed by atoms with Crippen LogP contribution in [0.15, 0.2) is 42.5 Å². The molecule has 2 N–H and O–H groups in total. The molecule has 2 aromatic rings. The molecule has 32 heavy (non-hydrogen) atoms. The summed E-state index contributed by atoms with van der Waals surface area (Å²) in [5.41, 5.74) is 1.31. The second kappa shape index (κ2) is 9.46. The number of sulfonamides is 1. The summed E-state index contributed by atoms with van der Waals surface area (Å²) in [6.07, 6.45) is -7.25. The Bertz CT molecular complexity index is 1100. The molecule has 0 heterocycles. The van der Waals surface area contributed by atoms with E-state index in [4.69, 9.17) is 0 Å². The zero-order valence-corrected chi connectivity index (χ0v) is 16.9. The minimum Gasteiger partial charge on any atom is -0.267 e. The Hall–Kier alpha value is -3.29. The minimum atomic E-state index is -4.63. The summed E-state index contributed by atoms with van der Waals surface area (Å²) in [4.78, 5) is 22.6. The Kier molecular flexibility index (Phi) is 7.38. The topological polar surface area (TPSA) is 95.6 Å². The summed E-state index contributed by atoms with van der Waals surface area (Å²) in [5.74, 6) is -3.96. The lowest BCUT2D eigenvalue weighted by atomic mass is 10.1. The highest BCUT2D eigenvalue weighted by atomic mass is 32.2. The van der Waals surface area contributed by atoms with Gasteiger partial charge in [0.1, 0.15) is 5.82 Å². The maximum Gasteiger partial charge on any atom is 0.416 e. The number of hydrogen-bond acceptors (Lipinski definition) is 4. The standard InChI is InChI=1S/C18H15F6N3O4S/c1-32(30,31)27(13-6-4-12(5-7-13)18(22,23)24)9-11-3-2-10(8-14(11)19)16(28)25-26-17(29)15(20)21/h2-8,15H,9H2,1H3,(H,25,28)(H,26,29). The number of amides is 2. The van der Waals surface area contributed by atoms with Crippen LogP contribution in [0.1, 0.15) is 21.5 Å². The van der Waals surface area contributed by atoms with Crippen molar-refractivity contribution in [3.63, 3.8) is 0 Å². The average Bonchev–Trinajstić information content (AvgIpc) is 2.69. The van der Waals surface area contributed by atoms with Crippen molar-refractivity contribution in [2.45, 2.75) is 19.1 Å². The van der Waals surface area contributed by atoms with Gasteiger partial charge < -0.3 is 0 Å². The number of carbonyl (C=O) groups is 2. The third-order valence-corrected chi connectivity index (χ3v) is 5.15. The predicted octanol–water partition coefficient (Wildman–Crippen LogP) is 2.84. The van der Waals surface area contributed by atoms with Crippen LogP contribution in [0.2, 0.25) is 0 Å². The van der Waals surface area contributed by atoms with Gasteiger partial charge in [0.2, 0.25) is 10.0 Å². The van der Waals surface area contributed by atoms with E-state index < -0.39 is 52.4 Å². The molecule has 0 aromatic heterocycles. The van der Waals surface area contributed by atoms with E-state index in [1.165, 1.54) is 5.43 Å². The van der Waals surface area contributed by atoms with Gasteiger partial charge in [-0.05, 0) is 36.4 Å². The van der Waals surface area contributed by atoms with E-state index in [0.29, 0.717) is 22.5 Å². The quantitative estimate of drug-likeness (QED) is 0.488. The van der Waals surface area contributed by atoms with Crippen molar-refractivity contribution in [1.82, 2.24) is 10.9 Å². The number of halogens is 6. The molecule has 0 aliphatic rings. The average molecular weight is 483 g/mol. The molecule has 7 nitrogen and oxygen atoms in total. The molecule has 0 aliphatic heterocycles. The van der Waals surface area contributed by atoms with Gasteiger partial charge in [0, 0.05) is 11.1 Å². The molecule has 0 saturated carbocycles. The van der Waals surface area contributed by atoms with Crippen LogP contribution in [-0.4, -0.2) is 32.9 Å². The number of benzene rings is 2. The van der Waals surface area contributed by atoms with Gasteiger partial charge >= 0.3 is 18.5 Å². The highest BCUT2D eigenvalue weighted by Crippen LogP contribution is 2.31. The molecule has 2 aromatic carbocycles. The van der Waals surface area contributed by atoms with Crippen LogP contribution in [0, 0.1) is 5.82 Å². The van der Waals surface area contributed by atoms with E-state index in [0.717, 1.165) is 30.5 Å². The summed E-state index contributed by atoms with van der Waals surface area (Å²) in [6, 6.07) is 5.91. The highest BCUT2D eigenvalue weighted by Gasteiger charge is 2.30. The minimum absolute atomic E-state index is 0.156. The number of nitrogens with one attached hydrogen (secondary N) is 2. The molecule has 0 spiro atoms. The zero-order chi connectivity index (χ0) is 24.3. The number of nitrogens with zero attached hydrogens (tertiary/aromatic N) is 1. The summed E-state index contributed by atoms with van der Waals surface area (Å²) in [6.45, 7) is -0.611. The fraction of sp³-hybridized carbons (Fsp3) is 0.222. The number of alkyl halides is 5. The number of hydrazine groups is 1. The fourth-order valence-electron chi connectivity index (χ4n) is 2.43. The predicted molar refractivity (Wildman–Crippen MR) is 100 cm³/mol. The Labute approximate surface area is 178 Å². The first-order valence-corrected chi connectivity index (χ1v) is 10.4. The van der Waals surface area contributed by atoms with Crippen molar-refractivity contribution in [2.24, 2.45) is 0 Å². The summed E-state index contributed by atoms with van der Waals surface area (Å²) in [7, 11) is -4.05. The lowest BCUT2D eigenvalue weighted by molar-refractivity contribution is -0.137. The van der Waals surface area contributed by atoms with Gasteiger partial charge in [-0.3, -0.25) is 24.7 Å². The van der Waals surface area contributed by atoms with Gasteiger partial charge in [0.15, 0.2) is 0 Å². The van der Waals surface area contributed by atoms with Gasteiger partial charge in [-0.15, -0.1) is 0 Å². The van der Waals surface area contributed by atoms with Crippen LogP contribution in [0.3, 0.4) is 0 Å². The van der Waals surface area contributed by atoms with Gasteiger partial charge in [-0.1, -0.05) is 6.07 Å². The molecule has 0 radical (unpaired) electrons. The smallest absolute Gasteiger partial charge is 0.267 e. The molecule has 0 saturated heterocycles. The second-order valence-electron chi connectivity index (χ2n) is 6.36. The normalized spacial score (nSPS) is 11.9. The monoisotopic (exact) mass is 483 g/mol. The number of rotatable bonds is 6. The first-order chi connectivity index (χ1) is 14.7. The molecular formula is C18H15F6N3O4S. The lowest BCUT2D eigenvalue weighted by Crippen LogP contribution is -2.44. The number of hydrogen-bond donors (Lipinski definition) is 2. The Morgan fingerprint density at radius 1 is 1.03 bits per heavy atom. The number of anilines is 1. The van der Waals surface area contributed by atoms with Crippen molar-refractivity contribution in [2.75, 3.05) is 10.6 Å². The van der Waals surface area contributed by atoms with Crippen LogP contribution in [0.5, 0.6) is 0 Å². The van der Waals surface area contributed by atoms with E-state index in [1.54, 1.807) is 5.43 Å². The number of carbonyl (C=O) groups excluding carboxylic acids is 2. The van der Waals surface area contributed by atoms with Crippen molar-refractivity contribution in [1.29, 1.82) is 0 Å². The molecule has 14 heteroatoms. The van der Waals surface area contributed by atoms with Crippen molar-refractivity contribution >= 4 is 27.5 Å². The maximum absolute atomic E-state index is 14.5. The van der Waals surface area contributed by atoms with Gasteiger partial charge in [-0.2, -0.15) is 22.0 Å². The fourth-order valence-corrected chi connectivity index (χ4v) is 3.31. The molecule has 0 unspecified atom stereocenters. The molecule has 0 bridgehead atoms. The van der Waals surface area contributed by atoms with E-state index >= 15 is 0 Å². The van der Waals surface area contributed by atoms with E-state index in [1.807, 2.05) is 0 Å². The first-order valence-electron chi connectivity index (χ1n) is 8.52. The van der Waals surface area contributed by atoms with Crippen LogP contribution >= 0.6 is 0 Å². The van der Waals surface area contributed by atoms with E-state index in [9.17, 15) is 44.3 Å². The molecule has 2 rings (SSSR count). The van der Waals surface area contributed by atoms with Gasteiger partial charge in [-0.25, -0.2) is 12.8 Å². The Morgan fingerprint density at radius 3 is 2.09 bits per heavy atom. The van der Waals surface area contributed by atoms with E-state index in [-0.39, 0.29) is 16.8 Å². The second-order valence-corrected chi connectivity index (χ2v) is 8.27. The SMILES string of the molecule is CS(=O)(=O)N(Cc1ccc(C(=O)NNC(=O)C(F)F)cc1F)c1ccc(C(F)(F)F)cc1. The van der Waals surface area contributed by atoms with Crippen LogP contribution in [0.4, 0.5) is 32.0 Å². The Balaban J connectivity index is 2.24. The van der Waals surface area contributed by atoms with Gasteiger partial charge in [0.05, 0.1) is 24.1 Å². The first kappa shape index (κ1) is 25.0. The Morgan fingerprint density at radius 2 is 1.62 bits per heavy atom. The van der Waals surface area contributed by atoms with Crippen LogP contribution in [0.25, 0.3) is 0 Å².